The first-order valence-electron chi connectivity index (χ1n) is 13.4. The molecule has 1 aliphatic carbocycles. The molecule has 2 aliphatic heterocycles. The van der Waals surface area contributed by atoms with E-state index in [1.165, 1.54) is 23.1 Å². The van der Waals surface area contributed by atoms with Crippen LogP contribution in [0.1, 0.15) is 53.6 Å². The van der Waals surface area contributed by atoms with Crippen LogP contribution < -0.4 is 4.74 Å². The Hall–Kier alpha value is -3.32. The molecule has 1 spiro atoms. The van der Waals surface area contributed by atoms with Gasteiger partial charge in [-0.1, -0.05) is 12.1 Å². The number of carbonyl (C=O) groups excluding carboxylic acids is 1. The lowest BCUT2D eigenvalue weighted by atomic mass is 9.71. The van der Waals surface area contributed by atoms with Crippen LogP contribution in [0.3, 0.4) is 0 Å². The fourth-order valence-electron chi connectivity index (χ4n) is 6.48. The van der Waals surface area contributed by atoms with Crippen LogP contribution in [-0.4, -0.2) is 63.9 Å². The first-order valence-corrected chi connectivity index (χ1v) is 13.4. The number of likely N-dealkylation sites (tertiary alicyclic amines) is 2. The van der Waals surface area contributed by atoms with Crippen molar-refractivity contribution in [2.24, 2.45) is 5.41 Å². The number of aryl methyl sites for hydroxylation is 3. The minimum atomic E-state index is 0.179. The lowest BCUT2D eigenvalue weighted by Gasteiger charge is -2.56. The lowest BCUT2D eigenvalue weighted by Crippen LogP contribution is -2.61. The Morgan fingerprint density at radius 1 is 1.08 bits per heavy atom. The molecule has 3 aliphatic rings. The maximum atomic E-state index is 12.9. The summed E-state index contributed by atoms with van der Waals surface area (Å²) in [4.78, 5) is 31.0. The van der Waals surface area contributed by atoms with Gasteiger partial charge in [0.05, 0.1) is 25.4 Å². The van der Waals surface area contributed by atoms with E-state index in [-0.39, 0.29) is 5.91 Å². The molecule has 0 radical (unpaired) electrons. The second kappa shape index (κ2) is 9.53. The van der Waals surface area contributed by atoms with Crippen LogP contribution in [0.5, 0.6) is 5.75 Å². The fourth-order valence-corrected chi connectivity index (χ4v) is 6.48. The number of rotatable bonds is 5. The molecule has 37 heavy (non-hydrogen) atoms. The van der Waals surface area contributed by atoms with Gasteiger partial charge in [-0.3, -0.25) is 14.7 Å². The van der Waals surface area contributed by atoms with Gasteiger partial charge in [-0.05, 0) is 80.3 Å². The summed E-state index contributed by atoms with van der Waals surface area (Å²) in [6.07, 6.45) is 6.54. The SMILES string of the molecule is COc1ccc(CC(=O)N2CCC3(CC2)CN([C@@H]2CCc4cc(-c5cc(C)nc(C)n5)ccc42)C3)nc1. The average molecular weight is 498 g/mol. The quantitative estimate of drug-likeness (QED) is 0.523. The van der Waals surface area contributed by atoms with Gasteiger partial charge in [-0.15, -0.1) is 0 Å². The normalized spacial score (nSPS) is 20.5. The Labute approximate surface area is 218 Å². The molecule has 2 saturated heterocycles. The Morgan fingerprint density at radius 3 is 2.59 bits per heavy atom. The van der Waals surface area contributed by atoms with Gasteiger partial charge < -0.3 is 9.64 Å². The van der Waals surface area contributed by atoms with Gasteiger partial charge in [0.2, 0.25) is 5.91 Å². The molecule has 7 nitrogen and oxygen atoms in total. The van der Waals surface area contributed by atoms with E-state index in [1.807, 2.05) is 30.9 Å². The van der Waals surface area contributed by atoms with E-state index in [2.05, 4.69) is 44.1 Å². The van der Waals surface area contributed by atoms with Gasteiger partial charge in [0.1, 0.15) is 11.6 Å². The summed E-state index contributed by atoms with van der Waals surface area (Å²) < 4.78 is 5.16. The van der Waals surface area contributed by atoms with Crippen LogP contribution in [0.25, 0.3) is 11.3 Å². The number of hydrogen-bond acceptors (Lipinski definition) is 6. The summed E-state index contributed by atoms with van der Waals surface area (Å²) in [5.74, 6) is 1.72. The highest BCUT2D eigenvalue weighted by atomic mass is 16.5. The monoisotopic (exact) mass is 497 g/mol. The van der Waals surface area contributed by atoms with E-state index < -0.39 is 0 Å². The number of methoxy groups -OCH3 is 1. The molecule has 2 aromatic heterocycles. The Bertz CT molecular complexity index is 1290. The van der Waals surface area contributed by atoms with Crippen LogP contribution in [0.15, 0.2) is 42.6 Å². The van der Waals surface area contributed by atoms with Crippen LogP contribution in [0, 0.1) is 19.3 Å². The van der Waals surface area contributed by atoms with Crippen molar-refractivity contribution in [2.75, 3.05) is 33.3 Å². The topological polar surface area (TPSA) is 71.5 Å². The standard InChI is InChI=1S/C30H35N5O2/c1-20-14-27(33-21(2)32-20)23-4-8-26-22(15-23)5-9-28(26)35-18-30(19-35)10-12-34(13-11-30)29(36)16-24-6-7-25(37-3)17-31-24/h4,6-8,14-15,17,28H,5,9-13,16,18-19H2,1-3H3/t28-/m1/s1. The number of hydrogen-bond donors (Lipinski definition) is 0. The maximum absolute atomic E-state index is 12.9. The molecule has 1 amide bonds. The van der Waals surface area contributed by atoms with Crippen molar-refractivity contribution in [2.45, 2.75) is 52.0 Å². The molecule has 2 fully saturated rings. The number of carbonyl (C=O) groups is 1. The average Bonchev–Trinajstić information content (AvgIpc) is 3.30. The molecule has 0 unspecified atom stereocenters. The second-order valence-electron chi connectivity index (χ2n) is 11.1. The summed E-state index contributed by atoms with van der Waals surface area (Å²) in [5.41, 5.74) is 7.34. The predicted octanol–water partition coefficient (Wildman–Crippen LogP) is 4.32. The van der Waals surface area contributed by atoms with E-state index in [4.69, 9.17) is 4.74 Å². The van der Waals surface area contributed by atoms with E-state index in [1.54, 1.807) is 13.3 Å². The molecule has 0 saturated carbocycles. The Morgan fingerprint density at radius 2 is 1.89 bits per heavy atom. The minimum Gasteiger partial charge on any atom is -0.495 e. The molecular weight excluding hydrogens is 462 g/mol. The number of ether oxygens (including phenoxy) is 1. The van der Waals surface area contributed by atoms with Crippen LogP contribution in [0.2, 0.25) is 0 Å². The summed E-state index contributed by atoms with van der Waals surface area (Å²) in [5, 5.41) is 0. The summed E-state index contributed by atoms with van der Waals surface area (Å²) in [7, 11) is 1.62. The van der Waals surface area contributed by atoms with Crippen molar-refractivity contribution < 1.29 is 9.53 Å². The van der Waals surface area contributed by atoms with Crippen molar-refractivity contribution in [1.29, 1.82) is 0 Å². The number of fused-ring (bicyclic) bond motifs is 1. The number of aromatic nitrogens is 3. The van der Waals surface area contributed by atoms with E-state index in [0.29, 0.717) is 23.6 Å². The summed E-state index contributed by atoms with van der Waals surface area (Å²) in [6.45, 7) is 7.98. The lowest BCUT2D eigenvalue weighted by molar-refractivity contribution is -0.136. The highest BCUT2D eigenvalue weighted by Gasteiger charge is 2.48. The van der Waals surface area contributed by atoms with Gasteiger partial charge in [0.25, 0.3) is 0 Å². The first kappa shape index (κ1) is 24.0. The van der Waals surface area contributed by atoms with Crippen molar-refractivity contribution in [1.82, 2.24) is 24.8 Å². The van der Waals surface area contributed by atoms with Gasteiger partial charge in [0.15, 0.2) is 0 Å². The predicted molar refractivity (Wildman–Crippen MR) is 142 cm³/mol. The summed E-state index contributed by atoms with van der Waals surface area (Å²) in [6, 6.07) is 13.2. The molecule has 1 aromatic carbocycles. The number of piperidine rings is 1. The zero-order valence-corrected chi connectivity index (χ0v) is 22.0. The number of benzene rings is 1. The Balaban J connectivity index is 1.04. The van der Waals surface area contributed by atoms with Crippen LogP contribution in [0.4, 0.5) is 0 Å². The van der Waals surface area contributed by atoms with Gasteiger partial charge in [-0.2, -0.15) is 0 Å². The zero-order chi connectivity index (χ0) is 25.6. The third kappa shape index (κ3) is 4.73. The highest BCUT2D eigenvalue weighted by molar-refractivity contribution is 5.78. The van der Waals surface area contributed by atoms with Crippen molar-refractivity contribution >= 4 is 5.91 Å². The Kier molecular flexibility index (Phi) is 6.19. The fraction of sp³-hybridized carbons (Fsp3) is 0.467. The largest absolute Gasteiger partial charge is 0.495 e. The molecule has 4 heterocycles. The molecule has 7 heteroatoms. The third-order valence-corrected chi connectivity index (χ3v) is 8.51. The van der Waals surface area contributed by atoms with E-state index >= 15 is 0 Å². The molecule has 0 bridgehead atoms. The van der Waals surface area contributed by atoms with Crippen molar-refractivity contribution in [3.63, 3.8) is 0 Å². The van der Waals surface area contributed by atoms with Crippen molar-refractivity contribution in [3.05, 3.63) is 70.9 Å². The van der Waals surface area contributed by atoms with Crippen LogP contribution >= 0.6 is 0 Å². The number of nitrogens with zero attached hydrogens (tertiary/aromatic N) is 5. The zero-order valence-electron chi connectivity index (χ0n) is 22.0. The maximum Gasteiger partial charge on any atom is 0.228 e. The molecule has 0 N–H and O–H groups in total. The second-order valence-corrected chi connectivity index (χ2v) is 11.1. The van der Waals surface area contributed by atoms with Gasteiger partial charge in [-0.25, -0.2) is 9.97 Å². The molecule has 192 valence electrons. The third-order valence-electron chi connectivity index (χ3n) is 8.51. The minimum absolute atomic E-state index is 0.179. The van der Waals surface area contributed by atoms with Gasteiger partial charge in [0, 0.05) is 49.2 Å². The number of amides is 1. The smallest absolute Gasteiger partial charge is 0.228 e. The van der Waals surface area contributed by atoms with E-state index in [0.717, 1.165) is 68.3 Å². The van der Waals surface area contributed by atoms with Gasteiger partial charge >= 0.3 is 0 Å². The number of pyridine rings is 1. The molecule has 6 rings (SSSR count). The van der Waals surface area contributed by atoms with Crippen molar-refractivity contribution in [3.8, 4) is 17.0 Å². The van der Waals surface area contributed by atoms with E-state index in [9.17, 15) is 4.79 Å². The first-order chi connectivity index (χ1) is 17.9. The van der Waals surface area contributed by atoms with Crippen LogP contribution in [-0.2, 0) is 17.6 Å². The summed E-state index contributed by atoms with van der Waals surface area (Å²) >= 11 is 0. The highest BCUT2D eigenvalue weighted by Crippen LogP contribution is 2.48. The molecule has 1 atom stereocenters. The molecular formula is C30H35N5O2. The molecule has 3 aromatic rings.